The Morgan fingerprint density at radius 1 is 1.45 bits per heavy atom. The maximum atomic E-state index is 12.4. The second-order valence-electron chi connectivity index (χ2n) is 5.53. The molecule has 1 saturated carbocycles. The van der Waals surface area contributed by atoms with E-state index in [-0.39, 0.29) is 5.91 Å². The number of anilines is 1. The third kappa shape index (κ3) is 3.72. The fraction of sp³-hybridized carbons (Fsp3) is 0.667. The van der Waals surface area contributed by atoms with Crippen molar-refractivity contribution >= 4 is 23.4 Å². The summed E-state index contributed by atoms with van der Waals surface area (Å²) in [5.74, 6) is 0.0164. The van der Waals surface area contributed by atoms with Crippen LogP contribution in [0.4, 0.5) is 5.69 Å². The molecule has 5 heteroatoms. The molecule has 0 aliphatic heterocycles. The van der Waals surface area contributed by atoms with Gasteiger partial charge in [0.2, 0.25) is 0 Å². The van der Waals surface area contributed by atoms with Crippen molar-refractivity contribution < 1.29 is 4.79 Å². The molecular weight excluding hydrogens is 270 g/mol. The van der Waals surface area contributed by atoms with Crippen molar-refractivity contribution in [3.8, 4) is 0 Å². The van der Waals surface area contributed by atoms with Gasteiger partial charge in [0.25, 0.3) is 5.91 Å². The van der Waals surface area contributed by atoms with Crippen LogP contribution >= 0.6 is 11.8 Å². The van der Waals surface area contributed by atoms with Gasteiger partial charge < -0.3 is 15.6 Å². The second kappa shape index (κ2) is 7.07. The first-order valence-corrected chi connectivity index (χ1v) is 8.72. The molecular formula is C15H25N3OS. The summed E-state index contributed by atoms with van der Waals surface area (Å²) >= 11 is 1.94. The lowest BCUT2D eigenvalue weighted by Gasteiger charge is -2.28. The van der Waals surface area contributed by atoms with Crippen LogP contribution in [0.25, 0.3) is 0 Å². The van der Waals surface area contributed by atoms with E-state index < -0.39 is 0 Å². The van der Waals surface area contributed by atoms with Crippen LogP contribution < -0.4 is 11.1 Å². The minimum Gasteiger partial charge on any atom is -0.397 e. The van der Waals surface area contributed by atoms with Crippen LogP contribution in [0.15, 0.2) is 12.3 Å². The molecule has 1 heterocycles. The van der Waals surface area contributed by atoms with Crippen LogP contribution in [0, 0.1) is 0 Å². The highest BCUT2D eigenvalue weighted by Gasteiger charge is 2.23. The molecule has 0 radical (unpaired) electrons. The fourth-order valence-corrected chi connectivity index (χ4v) is 3.60. The third-order valence-electron chi connectivity index (χ3n) is 3.96. The number of nitrogens with one attached hydrogen (secondary N) is 1. The highest BCUT2D eigenvalue weighted by Crippen LogP contribution is 2.27. The van der Waals surface area contributed by atoms with Gasteiger partial charge in [-0.1, -0.05) is 6.92 Å². The van der Waals surface area contributed by atoms with E-state index in [4.69, 9.17) is 5.73 Å². The van der Waals surface area contributed by atoms with E-state index in [2.05, 4.69) is 18.5 Å². The van der Waals surface area contributed by atoms with Gasteiger partial charge in [-0.2, -0.15) is 11.8 Å². The zero-order valence-electron chi connectivity index (χ0n) is 12.4. The number of aryl methyl sites for hydroxylation is 1. The summed E-state index contributed by atoms with van der Waals surface area (Å²) in [4.78, 5) is 12.4. The standard InChI is InChI=1S/C15H25N3OS/c1-3-8-18-10-11(16)9-14(18)15(19)17-12-4-6-13(20-2)7-5-12/h9-10,12-13H,3-8,16H2,1-2H3,(H,17,19). The normalized spacial score (nSPS) is 22.7. The molecule has 0 spiro atoms. The topological polar surface area (TPSA) is 60.0 Å². The third-order valence-corrected chi connectivity index (χ3v) is 5.10. The molecule has 0 saturated heterocycles. The molecule has 1 fully saturated rings. The molecule has 0 aromatic carbocycles. The number of aromatic nitrogens is 1. The van der Waals surface area contributed by atoms with E-state index in [9.17, 15) is 4.79 Å². The maximum absolute atomic E-state index is 12.4. The van der Waals surface area contributed by atoms with Gasteiger partial charge in [-0.25, -0.2) is 0 Å². The summed E-state index contributed by atoms with van der Waals surface area (Å²) in [6, 6.07) is 2.09. The number of thioether (sulfide) groups is 1. The average molecular weight is 295 g/mol. The Labute approximate surface area is 125 Å². The molecule has 3 N–H and O–H groups in total. The molecule has 2 rings (SSSR count). The molecule has 0 atom stereocenters. The van der Waals surface area contributed by atoms with Gasteiger partial charge in [0.05, 0.1) is 5.69 Å². The quantitative estimate of drug-likeness (QED) is 0.878. The fourth-order valence-electron chi connectivity index (χ4n) is 2.85. The summed E-state index contributed by atoms with van der Waals surface area (Å²) in [6.45, 7) is 2.93. The summed E-state index contributed by atoms with van der Waals surface area (Å²) < 4.78 is 1.96. The van der Waals surface area contributed by atoms with Gasteiger partial charge in [0.1, 0.15) is 5.69 Å². The first-order valence-electron chi connectivity index (χ1n) is 7.43. The van der Waals surface area contributed by atoms with E-state index in [1.807, 2.05) is 22.5 Å². The number of amides is 1. The molecule has 20 heavy (non-hydrogen) atoms. The lowest BCUT2D eigenvalue weighted by molar-refractivity contribution is 0.0918. The molecule has 0 bridgehead atoms. The monoisotopic (exact) mass is 295 g/mol. The van der Waals surface area contributed by atoms with Crippen LogP contribution in [-0.4, -0.2) is 28.0 Å². The van der Waals surface area contributed by atoms with Crippen molar-refractivity contribution in [2.75, 3.05) is 12.0 Å². The minimum atomic E-state index is 0.0164. The van der Waals surface area contributed by atoms with Crippen LogP contribution in [0.2, 0.25) is 0 Å². The van der Waals surface area contributed by atoms with Crippen LogP contribution in [0.5, 0.6) is 0 Å². The van der Waals surface area contributed by atoms with E-state index in [1.165, 1.54) is 12.8 Å². The van der Waals surface area contributed by atoms with E-state index in [0.29, 0.717) is 17.4 Å². The van der Waals surface area contributed by atoms with E-state index in [0.717, 1.165) is 31.1 Å². The van der Waals surface area contributed by atoms with Crippen molar-refractivity contribution in [3.63, 3.8) is 0 Å². The Morgan fingerprint density at radius 3 is 2.75 bits per heavy atom. The number of nitrogens with two attached hydrogens (primary N) is 1. The lowest BCUT2D eigenvalue weighted by atomic mass is 9.95. The number of carbonyl (C=O) groups excluding carboxylic acids is 1. The van der Waals surface area contributed by atoms with E-state index in [1.54, 1.807) is 6.07 Å². The lowest BCUT2D eigenvalue weighted by Crippen LogP contribution is -2.38. The van der Waals surface area contributed by atoms with Gasteiger partial charge in [-0.15, -0.1) is 0 Å². The van der Waals surface area contributed by atoms with Crippen molar-refractivity contribution in [2.45, 2.75) is 56.9 Å². The molecule has 1 aliphatic carbocycles. The zero-order valence-corrected chi connectivity index (χ0v) is 13.2. The molecule has 1 aromatic heterocycles. The Kier molecular flexibility index (Phi) is 5.40. The van der Waals surface area contributed by atoms with Gasteiger partial charge in [-0.3, -0.25) is 4.79 Å². The van der Waals surface area contributed by atoms with Crippen LogP contribution in [0.3, 0.4) is 0 Å². The van der Waals surface area contributed by atoms with E-state index >= 15 is 0 Å². The SMILES string of the molecule is CCCn1cc(N)cc1C(=O)NC1CCC(SC)CC1. The van der Waals surface area contributed by atoms with Crippen LogP contribution in [-0.2, 0) is 6.54 Å². The molecule has 0 unspecified atom stereocenters. The van der Waals surface area contributed by atoms with Crippen molar-refractivity contribution in [1.29, 1.82) is 0 Å². The first kappa shape index (κ1) is 15.3. The highest BCUT2D eigenvalue weighted by molar-refractivity contribution is 7.99. The summed E-state index contributed by atoms with van der Waals surface area (Å²) in [5, 5.41) is 3.93. The molecule has 1 aromatic rings. The van der Waals surface area contributed by atoms with Gasteiger partial charge in [0, 0.05) is 24.0 Å². The second-order valence-corrected chi connectivity index (χ2v) is 6.67. The molecule has 1 aliphatic rings. The number of nitrogens with zero attached hydrogens (tertiary/aromatic N) is 1. The average Bonchev–Trinajstić information content (AvgIpc) is 2.81. The largest absolute Gasteiger partial charge is 0.397 e. The molecule has 1 amide bonds. The number of carbonyl (C=O) groups is 1. The summed E-state index contributed by atoms with van der Waals surface area (Å²) in [5.41, 5.74) is 7.17. The predicted octanol–water partition coefficient (Wildman–Crippen LogP) is 2.88. The minimum absolute atomic E-state index is 0.0164. The Hall–Kier alpha value is -1.10. The number of hydrogen-bond acceptors (Lipinski definition) is 3. The molecule has 112 valence electrons. The first-order chi connectivity index (χ1) is 9.63. The van der Waals surface area contributed by atoms with Gasteiger partial charge >= 0.3 is 0 Å². The Morgan fingerprint density at radius 2 is 2.15 bits per heavy atom. The summed E-state index contributed by atoms with van der Waals surface area (Å²) in [6.07, 6.45) is 9.58. The van der Waals surface area contributed by atoms with Crippen molar-refractivity contribution in [3.05, 3.63) is 18.0 Å². The van der Waals surface area contributed by atoms with Crippen molar-refractivity contribution in [2.24, 2.45) is 0 Å². The zero-order chi connectivity index (χ0) is 14.5. The Bertz CT molecular complexity index is 450. The summed E-state index contributed by atoms with van der Waals surface area (Å²) in [7, 11) is 0. The molecule has 4 nitrogen and oxygen atoms in total. The number of rotatable bonds is 5. The highest BCUT2D eigenvalue weighted by atomic mass is 32.2. The van der Waals surface area contributed by atoms with Gasteiger partial charge in [0.15, 0.2) is 0 Å². The smallest absolute Gasteiger partial charge is 0.268 e. The Balaban J connectivity index is 1.95. The number of nitrogen functional groups attached to an aromatic ring is 1. The van der Waals surface area contributed by atoms with Crippen LogP contribution in [0.1, 0.15) is 49.5 Å². The maximum Gasteiger partial charge on any atom is 0.268 e. The van der Waals surface area contributed by atoms with Gasteiger partial charge in [-0.05, 0) is 44.4 Å². The van der Waals surface area contributed by atoms with Crippen molar-refractivity contribution in [1.82, 2.24) is 9.88 Å². The predicted molar refractivity (Wildman–Crippen MR) is 86.2 cm³/mol. The number of hydrogen-bond donors (Lipinski definition) is 2.